The second-order valence-electron chi connectivity index (χ2n) is 12.4. The summed E-state index contributed by atoms with van der Waals surface area (Å²) in [4.78, 5) is 0. The van der Waals surface area contributed by atoms with Crippen molar-refractivity contribution < 1.29 is 41.1 Å². The fourth-order valence-corrected chi connectivity index (χ4v) is 7.25. The molecular weight excluding hydrogens is 637 g/mol. The topological polar surface area (TPSA) is 0 Å². The fourth-order valence-electron chi connectivity index (χ4n) is 7.25. The summed E-state index contributed by atoms with van der Waals surface area (Å²) in [5.41, 5.74) is -3.86. The lowest BCUT2D eigenvalue weighted by Crippen LogP contribution is -1.95. The predicted octanol–water partition coefficient (Wildman–Crippen LogP) is 14.7. The molecule has 0 aliphatic rings. The second-order valence-corrected chi connectivity index (χ2v) is 12.4. The van der Waals surface area contributed by atoms with Gasteiger partial charge >= 0.3 is 0 Å². The van der Waals surface area contributed by atoms with Gasteiger partial charge in [0.25, 0.3) is 0 Å². The van der Waals surface area contributed by atoms with Gasteiger partial charge in [-0.25, -0.2) is 0 Å². The third kappa shape index (κ3) is 4.18. The van der Waals surface area contributed by atoms with Crippen LogP contribution >= 0.6 is 0 Å². The van der Waals surface area contributed by atoms with Crippen LogP contribution in [0, 0.1) is 0 Å². The fraction of sp³-hybridized carbons (Fsp3) is 0.0189. The molecule has 0 N–H and O–H groups in total. The lowest BCUT2D eigenvalue weighted by Gasteiger charge is -2.18. The molecule has 0 atom stereocenters. The second kappa shape index (κ2) is 10.9. The van der Waals surface area contributed by atoms with Crippen molar-refractivity contribution in [3.63, 3.8) is 0 Å². The van der Waals surface area contributed by atoms with Crippen LogP contribution in [0.1, 0.15) is 52.2 Å². The number of hydrogen-bond donors (Lipinski definition) is 0. The van der Waals surface area contributed by atoms with Gasteiger partial charge in [0.1, 0.15) is 0 Å². The molecule has 0 heteroatoms. The van der Waals surface area contributed by atoms with Crippen LogP contribution in [0.4, 0.5) is 0 Å². The van der Waals surface area contributed by atoms with E-state index in [9.17, 15) is 21.9 Å². The first-order valence-electron chi connectivity index (χ1n) is 31.2. The molecule has 0 nitrogen and oxygen atoms in total. The van der Waals surface area contributed by atoms with Crippen molar-refractivity contribution >= 4 is 86.2 Å². The van der Waals surface area contributed by atoms with Crippen LogP contribution in [0.15, 0.2) is 181 Å². The minimum absolute atomic E-state index is 0.286. The first-order valence-corrected chi connectivity index (χ1v) is 16.2. The zero-order valence-corrected chi connectivity index (χ0v) is 26.7. The normalized spacial score (nSPS) is 20.2. The minimum atomic E-state index is -1.01. The smallest absolute Gasteiger partial charge is 0.0616 e. The van der Waals surface area contributed by atoms with Crippen LogP contribution in [0.5, 0.6) is 0 Å². The van der Waals surface area contributed by atoms with Crippen LogP contribution in [0.3, 0.4) is 0 Å². The molecule has 0 heterocycles. The average molecular weight is 699 g/mol. The van der Waals surface area contributed by atoms with Gasteiger partial charge in [-0.15, -0.1) is 0 Å². The highest BCUT2D eigenvalue weighted by molar-refractivity contribution is 6.27. The molecule has 0 amide bonds. The highest BCUT2D eigenvalue weighted by Gasteiger charge is 2.17. The molecule has 53 heavy (non-hydrogen) atoms. The van der Waals surface area contributed by atoms with Gasteiger partial charge in [-0.3, -0.25) is 0 Å². The third-order valence-corrected chi connectivity index (χ3v) is 9.57. The zero-order chi connectivity index (χ0) is 60.7. The third-order valence-electron chi connectivity index (χ3n) is 9.57. The Hall–Kier alpha value is -6.76. The van der Waals surface area contributed by atoms with Gasteiger partial charge in [0, 0.05) is 0 Å². The molecule has 244 valence electrons. The van der Waals surface area contributed by atoms with Crippen molar-refractivity contribution in [2.75, 3.05) is 0 Å². The molecule has 0 fully saturated rings. The maximum Gasteiger partial charge on any atom is 0.0636 e. The molecule has 0 aliphatic carbocycles. The van der Waals surface area contributed by atoms with E-state index in [0.29, 0.717) is 0 Å². The average Bonchev–Trinajstić information content (AvgIpc) is 1.39. The summed E-state index contributed by atoms with van der Waals surface area (Å²) in [6, 6.07) is -25.1. The lowest BCUT2D eigenvalue weighted by atomic mass is 9.86. The summed E-state index contributed by atoms with van der Waals surface area (Å²) in [7, 11) is 0. The molecule has 12 aromatic rings. The summed E-state index contributed by atoms with van der Waals surface area (Å²) in [6.07, 6.45) is -1.01. The van der Waals surface area contributed by atoms with E-state index in [-0.39, 0.29) is 21.5 Å². The number of benzene rings is 12. The van der Waals surface area contributed by atoms with E-state index in [1.54, 1.807) is 0 Å². The monoisotopic (exact) mass is 698 g/mol. The van der Waals surface area contributed by atoms with Crippen molar-refractivity contribution in [1.29, 1.82) is 0 Å². The largest absolute Gasteiger partial charge is 0.0636 e. The van der Waals surface area contributed by atoms with Gasteiger partial charge in [-0.05, 0) is 132 Å². The standard InChI is InChI=1S/C53H32/c1-2-12-42-38(7-1)29-41(44-24-19-36-17-15-32-8-5-10-34-21-27-48(44)52(36)50(32)34)31-40(42)30-39-23-26-46(45-14-4-3-13-43(39)45)47-25-20-37-18-16-33-9-6-11-35-22-28-49(47)53(37)51(33)35/h1-29,31H,30H2/i1D,2D,3D,4D,5D,6D,7D,8D,9D,10D,11D,12D,13D,14D,15D,16D,17D,18D,19D,20D,21D,22D,23D,24D,25D,26D,27D,28D,29D,31D. The molecule has 0 unspecified atom stereocenters. The van der Waals surface area contributed by atoms with Crippen LogP contribution < -0.4 is 0 Å². The predicted molar refractivity (Wildman–Crippen MR) is 229 cm³/mol. The quantitative estimate of drug-likeness (QED) is 0.161. The molecule has 0 spiro atoms. The molecule has 0 aliphatic heterocycles. The molecule has 0 bridgehead atoms. The molecule has 12 rings (SSSR count). The minimum Gasteiger partial charge on any atom is -0.0616 e. The molecule has 12 aromatic carbocycles. The number of fused-ring (bicyclic) bond motifs is 2. The van der Waals surface area contributed by atoms with Gasteiger partial charge in [-0.2, -0.15) is 0 Å². The lowest BCUT2D eigenvalue weighted by molar-refractivity contribution is 1.24. The summed E-state index contributed by atoms with van der Waals surface area (Å²) < 4.78 is 276. The highest BCUT2D eigenvalue weighted by atomic mass is 14.2. The summed E-state index contributed by atoms with van der Waals surface area (Å²) in [6.45, 7) is 0. The van der Waals surface area contributed by atoms with Crippen molar-refractivity contribution in [1.82, 2.24) is 0 Å². The van der Waals surface area contributed by atoms with E-state index < -0.39 is 286 Å². The van der Waals surface area contributed by atoms with Crippen LogP contribution in [0.2, 0.25) is 0 Å². The van der Waals surface area contributed by atoms with E-state index in [1.807, 2.05) is 0 Å². The highest BCUT2D eigenvalue weighted by Crippen LogP contribution is 2.43. The van der Waals surface area contributed by atoms with E-state index in [0.717, 1.165) is 0 Å². The Morgan fingerprint density at radius 1 is 0.283 bits per heavy atom. The van der Waals surface area contributed by atoms with Gasteiger partial charge in [0.2, 0.25) is 0 Å². The van der Waals surface area contributed by atoms with Gasteiger partial charge in [0.05, 0.1) is 41.1 Å². The van der Waals surface area contributed by atoms with E-state index in [4.69, 9.17) is 19.2 Å². The van der Waals surface area contributed by atoms with Crippen LogP contribution in [-0.2, 0) is 6.42 Å². The Labute approximate surface area is 349 Å². The molecule has 0 saturated carbocycles. The van der Waals surface area contributed by atoms with Gasteiger partial charge in [0.15, 0.2) is 0 Å². The first-order chi connectivity index (χ1) is 38.8. The van der Waals surface area contributed by atoms with E-state index in [1.165, 1.54) is 0 Å². The summed E-state index contributed by atoms with van der Waals surface area (Å²) >= 11 is 0. The van der Waals surface area contributed by atoms with Crippen molar-refractivity contribution in [3.05, 3.63) is 192 Å². The van der Waals surface area contributed by atoms with Crippen molar-refractivity contribution in [2.24, 2.45) is 0 Å². The zero-order valence-electron chi connectivity index (χ0n) is 56.7. The number of rotatable bonds is 4. The van der Waals surface area contributed by atoms with Crippen LogP contribution in [0.25, 0.3) is 108 Å². The van der Waals surface area contributed by atoms with Gasteiger partial charge in [-0.1, -0.05) is 175 Å². The van der Waals surface area contributed by atoms with E-state index >= 15 is 0 Å². The maximum atomic E-state index is 10.1. The van der Waals surface area contributed by atoms with Crippen LogP contribution in [-0.4, -0.2) is 0 Å². The Morgan fingerprint density at radius 2 is 0.736 bits per heavy atom. The Kier molecular flexibility index (Phi) is 2.55. The van der Waals surface area contributed by atoms with Crippen molar-refractivity contribution in [3.8, 4) is 22.3 Å². The summed E-state index contributed by atoms with van der Waals surface area (Å²) in [5, 5.41) is -7.39. The summed E-state index contributed by atoms with van der Waals surface area (Å²) in [5.74, 6) is 0. The Balaban J connectivity index is 1.27. The van der Waals surface area contributed by atoms with E-state index in [2.05, 4.69) is 0 Å². The Morgan fingerprint density at radius 3 is 1.40 bits per heavy atom. The SMILES string of the molecule is [2H]c1c([2H])c([2H])c2c(Cc3c([2H])c([2H])c(-c4c([2H])c([2H])c5c([2H])c([2H])c6c([2H])c([2H])c([2H])c7c([2H])c([2H])c4c5c67)c4c([2H])c([2H])c([2H])c([2H])c34)c([2H])c(-c3c([2H])c([2H])c4c([2H])c([2H])c5c([2H])c([2H])c([2H])c6c([2H])c([2H])c3c4c56)c([2H])c2c1[2H]. The first kappa shape index (κ1) is 12.4. The molecular formula is C53H32. The molecule has 0 radical (unpaired) electrons. The molecule has 0 aromatic heterocycles. The maximum absolute atomic E-state index is 10.1. The Bertz CT molecular complexity index is 5110. The van der Waals surface area contributed by atoms with Gasteiger partial charge < -0.3 is 0 Å². The molecule has 0 saturated heterocycles. The number of hydrogen-bond acceptors (Lipinski definition) is 0. The van der Waals surface area contributed by atoms with Crippen molar-refractivity contribution in [2.45, 2.75) is 6.42 Å².